The molecule has 0 bridgehead atoms. The van der Waals surface area contributed by atoms with Crippen molar-refractivity contribution in [2.45, 2.75) is 4.90 Å². The molecular weight excluding hydrogens is 279 g/mol. The van der Waals surface area contributed by atoms with Crippen LogP contribution in [0, 0.1) is 17.1 Å². The molecule has 2 aromatic carbocycles. The molecule has 0 spiro atoms. The van der Waals surface area contributed by atoms with Gasteiger partial charge in [-0.2, -0.15) is 5.26 Å². The minimum Gasteiger partial charge on any atom is -0.355 e. The molecule has 0 aliphatic carbocycles. The van der Waals surface area contributed by atoms with Crippen LogP contribution in [0.2, 0.25) is 0 Å². The Balaban J connectivity index is 2.23. The Bertz CT molecular complexity index is 778. The maximum atomic E-state index is 13.4. The fourth-order valence-electron chi connectivity index (χ4n) is 1.64. The third kappa shape index (κ3) is 3.13. The van der Waals surface area contributed by atoms with E-state index in [-0.39, 0.29) is 10.5 Å². The maximum absolute atomic E-state index is 13.4. The lowest BCUT2D eigenvalue weighted by molar-refractivity contribution is 0.602. The van der Waals surface area contributed by atoms with E-state index < -0.39 is 15.7 Å². The molecule has 0 atom stereocenters. The van der Waals surface area contributed by atoms with Gasteiger partial charge in [-0.25, -0.2) is 12.8 Å². The quantitative estimate of drug-likeness (QED) is 0.943. The lowest BCUT2D eigenvalue weighted by Gasteiger charge is -2.07. The molecule has 0 radical (unpaired) electrons. The van der Waals surface area contributed by atoms with Gasteiger partial charge in [-0.05, 0) is 42.5 Å². The van der Waals surface area contributed by atoms with Crippen LogP contribution in [0.4, 0.5) is 15.8 Å². The Labute approximate surface area is 116 Å². The molecule has 20 heavy (non-hydrogen) atoms. The average molecular weight is 290 g/mol. The summed E-state index contributed by atoms with van der Waals surface area (Å²) in [5, 5.41) is 11.6. The molecule has 102 valence electrons. The summed E-state index contributed by atoms with van der Waals surface area (Å²) in [6.07, 6.45) is 1.13. The van der Waals surface area contributed by atoms with Gasteiger partial charge in [-0.1, -0.05) is 0 Å². The number of anilines is 2. The topological polar surface area (TPSA) is 70.0 Å². The summed E-state index contributed by atoms with van der Waals surface area (Å²) in [5.41, 5.74) is 1.08. The first-order valence-corrected chi connectivity index (χ1v) is 7.56. The highest BCUT2D eigenvalue weighted by Crippen LogP contribution is 2.20. The van der Waals surface area contributed by atoms with Crippen LogP contribution in [0.15, 0.2) is 47.4 Å². The highest BCUT2D eigenvalue weighted by atomic mass is 32.2. The third-order valence-electron chi connectivity index (χ3n) is 2.66. The standard InChI is InChI=1S/C14H11FN2O2S/c1-20(18,19)13-6-4-11(5-7-13)17-12-3-2-10(9-16)14(15)8-12/h2-8,17H,1H3. The van der Waals surface area contributed by atoms with E-state index in [1.807, 2.05) is 0 Å². The predicted octanol–water partition coefficient (Wildman–Crippen LogP) is 2.84. The SMILES string of the molecule is CS(=O)(=O)c1ccc(Nc2ccc(C#N)c(F)c2)cc1. The molecule has 2 rings (SSSR count). The van der Waals surface area contributed by atoms with E-state index in [0.717, 1.165) is 6.26 Å². The average Bonchev–Trinajstić information content (AvgIpc) is 2.38. The first kappa shape index (κ1) is 14.0. The number of rotatable bonds is 3. The van der Waals surface area contributed by atoms with Crippen LogP contribution in [0.3, 0.4) is 0 Å². The number of halogens is 1. The molecule has 0 aliphatic rings. The van der Waals surface area contributed by atoms with Crippen LogP contribution in [-0.4, -0.2) is 14.7 Å². The number of benzene rings is 2. The zero-order chi connectivity index (χ0) is 14.8. The van der Waals surface area contributed by atoms with Crippen LogP contribution >= 0.6 is 0 Å². The minimum absolute atomic E-state index is 0.0250. The fraction of sp³-hybridized carbons (Fsp3) is 0.0714. The summed E-state index contributed by atoms with van der Waals surface area (Å²) in [7, 11) is -3.23. The second kappa shape index (κ2) is 5.31. The van der Waals surface area contributed by atoms with E-state index in [0.29, 0.717) is 11.4 Å². The molecule has 0 aliphatic heterocycles. The summed E-state index contributed by atoms with van der Waals surface area (Å²) < 4.78 is 36.1. The van der Waals surface area contributed by atoms with E-state index >= 15 is 0 Å². The number of nitriles is 1. The largest absolute Gasteiger partial charge is 0.355 e. The van der Waals surface area contributed by atoms with Gasteiger partial charge in [0.1, 0.15) is 11.9 Å². The van der Waals surface area contributed by atoms with Crippen LogP contribution in [0.5, 0.6) is 0 Å². The Morgan fingerprint density at radius 1 is 1.10 bits per heavy atom. The molecule has 2 aromatic rings. The predicted molar refractivity (Wildman–Crippen MR) is 73.9 cm³/mol. The smallest absolute Gasteiger partial charge is 0.175 e. The Hall–Kier alpha value is -2.39. The number of sulfone groups is 1. The first-order chi connectivity index (χ1) is 9.40. The normalized spacial score (nSPS) is 10.8. The second-order valence-corrected chi connectivity index (χ2v) is 6.24. The van der Waals surface area contributed by atoms with Gasteiger partial charge < -0.3 is 5.32 Å². The van der Waals surface area contributed by atoms with Gasteiger partial charge in [0, 0.05) is 17.6 Å². The molecule has 0 fully saturated rings. The van der Waals surface area contributed by atoms with Crippen molar-refractivity contribution in [1.82, 2.24) is 0 Å². The lowest BCUT2D eigenvalue weighted by Crippen LogP contribution is -1.97. The van der Waals surface area contributed by atoms with E-state index in [4.69, 9.17) is 5.26 Å². The van der Waals surface area contributed by atoms with E-state index in [2.05, 4.69) is 5.32 Å². The Kier molecular flexibility index (Phi) is 3.72. The van der Waals surface area contributed by atoms with Crippen molar-refractivity contribution < 1.29 is 12.8 Å². The maximum Gasteiger partial charge on any atom is 0.175 e. The van der Waals surface area contributed by atoms with E-state index in [1.165, 1.54) is 24.3 Å². The van der Waals surface area contributed by atoms with Crippen molar-refractivity contribution in [3.63, 3.8) is 0 Å². The van der Waals surface area contributed by atoms with Gasteiger partial charge in [-0.15, -0.1) is 0 Å². The number of hydrogen-bond acceptors (Lipinski definition) is 4. The Morgan fingerprint density at radius 2 is 1.70 bits per heavy atom. The summed E-state index contributed by atoms with van der Waals surface area (Å²) in [4.78, 5) is 0.217. The molecule has 0 heterocycles. The zero-order valence-electron chi connectivity index (χ0n) is 10.6. The van der Waals surface area contributed by atoms with Gasteiger partial charge in [0.15, 0.2) is 9.84 Å². The number of nitrogens with one attached hydrogen (secondary N) is 1. The van der Waals surface area contributed by atoms with Crippen molar-refractivity contribution >= 4 is 21.2 Å². The molecule has 1 N–H and O–H groups in total. The molecule has 4 nitrogen and oxygen atoms in total. The summed E-state index contributed by atoms with van der Waals surface area (Å²) >= 11 is 0. The van der Waals surface area contributed by atoms with Crippen LogP contribution in [0.1, 0.15) is 5.56 Å². The van der Waals surface area contributed by atoms with Gasteiger partial charge >= 0.3 is 0 Å². The van der Waals surface area contributed by atoms with Gasteiger partial charge in [0.05, 0.1) is 10.5 Å². The van der Waals surface area contributed by atoms with Crippen molar-refractivity contribution in [1.29, 1.82) is 5.26 Å². The molecule has 6 heteroatoms. The van der Waals surface area contributed by atoms with Crippen LogP contribution in [-0.2, 0) is 9.84 Å². The molecule has 0 amide bonds. The molecular formula is C14H11FN2O2S. The Morgan fingerprint density at radius 3 is 2.20 bits per heavy atom. The molecule has 0 saturated carbocycles. The van der Waals surface area contributed by atoms with Gasteiger partial charge in [0.2, 0.25) is 0 Å². The van der Waals surface area contributed by atoms with Crippen molar-refractivity contribution in [2.75, 3.05) is 11.6 Å². The van der Waals surface area contributed by atoms with Crippen LogP contribution < -0.4 is 5.32 Å². The van der Waals surface area contributed by atoms with Gasteiger partial charge in [0.25, 0.3) is 0 Å². The van der Waals surface area contributed by atoms with Crippen LogP contribution in [0.25, 0.3) is 0 Å². The van der Waals surface area contributed by atoms with Crippen molar-refractivity contribution in [2.24, 2.45) is 0 Å². The number of nitrogens with zero attached hydrogens (tertiary/aromatic N) is 1. The monoisotopic (exact) mass is 290 g/mol. The summed E-state index contributed by atoms with van der Waals surface area (Å²) in [6.45, 7) is 0. The van der Waals surface area contributed by atoms with Crippen molar-refractivity contribution in [3.05, 3.63) is 53.8 Å². The van der Waals surface area contributed by atoms with E-state index in [9.17, 15) is 12.8 Å². The number of hydrogen-bond donors (Lipinski definition) is 1. The van der Waals surface area contributed by atoms with Gasteiger partial charge in [-0.3, -0.25) is 0 Å². The minimum atomic E-state index is -3.23. The first-order valence-electron chi connectivity index (χ1n) is 5.67. The highest BCUT2D eigenvalue weighted by molar-refractivity contribution is 7.90. The molecule has 0 unspecified atom stereocenters. The lowest BCUT2D eigenvalue weighted by atomic mass is 10.2. The third-order valence-corrected chi connectivity index (χ3v) is 3.79. The van der Waals surface area contributed by atoms with Crippen molar-refractivity contribution in [3.8, 4) is 6.07 Å². The molecule has 0 aromatic heterocycles. The zero-order valence-corrected chi connectivity index (χ0v) is 11.4. The second-order valence-electron chi connectivity index (χ2n) is 4.23. The van der Waals surface area contributed by atoms with E-state index in [1.54, 1.807) is 24.3 Å². The molecule has 0 saturated heterocycles. The fourth-order valence-corrected chi connectivity index (χ4v) is 2.27. The summed E-state index contributed by atoms with van der Waals surface area (Å²) in [5.74, 6) is -0.606. The highest BCUT2D eigenvalue weighted by Gasteiger charge is 2.07. The summed E-state index contributed by atoms with van der Waals surface area (Å²) in [6, 6.07) is 12.0.